The first-order valence-electron chi connectivity index (χ1n) is 7.19. The van der Waals surface area contributed by atoms with Crippen LogP contribution in [0.2, 0.25) is 0 Å². The van der Waals surface area contributed by atoms with Crippen LogP contribution in [0, 0.1) is 17.8 Å². The fourth-order valence-corrected chi connectivity index (χ4v) is 2.61. The van der Waals surface area contributed by atoms with Gasteiger partial charge in [0.2, 0.25) is 0 Å². The van der Waals surface area contributed by atoms with Gasteiger partial charge in [-0.2, -0.15) is 0 Å². The third-order valence-electron chi connectivity index (χ3n) is 3.86. The van der Waals surface area contributed by atoms with Gasteiger partial charge in [0, 0.05) is 30.2 Å². The molecule has 1 saturated heterocycles. The molecule has 1 fully saturated rings. The minimum Gasteiger partial charge on any atom is -0.450 e. The van der Waals surface area contributed by atoms with Crippen molar-refractivity contribution in [3.8, 4) is 11.8 Å². The number of ether oxygens (including phenoxy) is 1. The lowest BCUT2D eigenvalue weighted by Gasteiger charge is -2.34. The van der Waals surface area contributed by atoms with Gasteiger partial charge < -0.3 is 10.1 Å². The van der Waals surface area contributed by atoms with Crippen LogP contribution in [0.3, 0.4) is 0 Å². The van der Waals surface area contributed by atoms with Crippen molar-refractivity contribution in [2.24, 2.45) is 5.92 Å². The standard InChI is InChI=1S/C17H21NO2/c1-17(2,15-10-12-18-13-11-15)20-16(19)9-8-14-6-4-3-5-7-14/h3-7,15,18H,10-13H2,1-2H3/p+1. The molecule has 3 heteroatoms. The summed E-state index contributed by atoms with van der Waals surface area (Å²) in [4.78, 5) is 11.9. The Bertz CT molecular complexity index is 505. The number of rotatable bonds is 2. The van der Waals surface area contributed by atoms with Crippen LogP contribution in [0.1, 0.15) is 32.3 Å². The molecule has 1 aromatic carbocycles. The molecule has 0 aromatic heterocycles. The predicted molar refractivity (Wildman–Crippen MR) is 77.9 cm³/mol. The molecular weight excluding hydrogens is 250 g/mol. The average Bonchev–Trinajstić information content (AvgIpc) is 2.47. The van der Waals surface area contributed by atoms with Gasteiger partial charge in [0.25, 0.3) is 0 Å². The van der Waals surface area contributed by atoms with Crippen molar-refractivity contribution in [1.29, 1.82) is 0 Å². The van der Waals surface area contributed by atoms with Crippen LogP contribution >= 0.6 is 0 Å². The van der Waals surface area contributed by atoms with E-state index in [1.807, 2.05) is 44.2 Å². The molecule has 1 aliphatic heterocycles. The van der Waals surface area contributed by atoms with Crippen molar-refractivity contribution in [2.75, 3.05) is 13.1 Å². The molecule has 0 aliphatic carbocycles. The zero-order valence-electron chi connectivity index (χ0n) is 12.2. The summed E-state index contributed by atoms with van der Waals surface area (Å²) in [5, 5.41) is 2.31. The lowest BCUT2D eigenvalue weighted by Crippen LogP contribution is -2.86. The smallest absolute Gasteiger partial charge is 0.385 e. The fourth-order valence-electron chi connectivity index (χ4n) is 2.61. The number of carbonyl (C=O) groups is 1. The Morgan fingerprint density at radius 3 is 2.55 bits per heavy atom. The molecule has 1 aliphatic rings. The molecule has 0 radical (unpaired) electrons. The molecule has 1 aromatic rings. The minimum atomic E-state index is -0.437. The third-order valence-corrected chi connectivity index (χ3v) is 3.86. The highest BCUT2D eigenvalue weighted by Gasteiger charge is 2.34. The number of hydrogen-bond donors (Lipinski definition) is 1. The molecule has 2 rings (SSSR count). The number of benzene rings is 1. The van der Waals surface area contributed by atoms with Crippen molar-refractivity contribution >= 4 is 5.97 Å². The van der Waals surface area contributed by atoms with E-state index in [2.05, 4.69) is 17.2 Å². The quantitative estimate of drug-likeness (QED) is 0.652. The van der Waals surface area contributed by atoms with Gasteiger partial charge in [-0.25, -0.2) is 4.79 Å². The van der Waals surface area contributed by atoms with Crippen LogP contribution in [0.25, 0.3) is 0 Å². The van der Waals surface area contributed by atoms with Crippen LogP contribution in [0.15, 0.2) is 30.3 Å². The van der Waals surface area contributed by atoms with E-state index in [0.29, 0.717) is 5.92 Å². The number of esters is 1. The van der Waals surface area contributed by atoms with Gasteiger partial charge in [0.15, 0.2) is 0 Å². The molecule has 0 spiro atoms. The SMILES string of the molecule is CC(C)(OC(=O)C#Cc1ccccc1)C1CC[NH2+]CC1. The Balaban J connectivity index is 1.95. The first-order chi connectivity index (χ1) is 9.58. The van der Waals surface area contributed by atoms with Crippen molar-refractivity contribution < 1.29 is 14.8 Å². The molecule has 0 unspecified atom stereocenters. The van der Waals surface area contributed by atoms with E-state index < -0.39 is 11.6 Å². The Morgan fingerprint density at radius 1 is 1.25 bits per heavy atom. The van der Waals surface area contributed by atoms with Crippen molar-refractivity contribution in [2.45, 2.75) is 32.3 Å². The molecule has 0 amide bonds. The maximum Gasteiger partial charge on any atom is 0.385 e. The van der Waals surface area contributed by atoms with Crippen molar-refractivity contribution in [3.63, 3.8) is 0 Å². The van der Waals surface area contributed by atoms with Crippen LogP contribution in [-0.2, 0) is 9.53 Å². The highest BCUT2D eigenvalue weighted by molar-refractivity contribution is 5.89. The summed E-state index contributed by atoms with van der Waals surface area (Å²) in [6.07, 6.45) is 2.18. The first-order valence-corrected chi connectivity index (χ1v) is 7.19. The molecule has 20 heavy (non-hydrogen) atoms. The van der Waals surface area contributed by atoms with E-state index >= 15 is 0 Å². The lowest BCUT2D eigenvalue weighted by atomic mass is 9.83. The van der Waals surface area contributed by atoms with Crippen molar-refractivity contribution in [3.05, 3.63) is 35.9 Å². The van der Waals surface area contributed by atoms with E-state index in [4.69, 9.17) is 4.74 Å². The van der Waals surface area contributed by atoms with E-state index in [1.54, 1.807) is 0 Å². The summed E-state index contributed by atoms with van der Waals surface area (Å²) in [6, 6.07) is 9.48. The third kappa shape index (κ3) is 4.11. The molecule has 0 bridgehead atoms. The largest absolute Gasteiger partial charge is 0.450 e. The average molecular weight is 272 g/mol. The summed E-state index contributed by atoms with van der Waals surface area (Å²) in [5.41, 5.74) is 0.394. The topological polar surface area (TPSA) is 42.9 Å². The van der Waals surface area contributed by atoms with Gasteiger partial charge in [-0.1, -0.05) is 24.1 Å². The second-order valence-corrected chi connectivity index (χ2v) is 5.75. The van der Waals surface area contributed by atoms with Gasteiger partial charge in [-0.15, -0.1) is 0 Å². The normalized spacial score (nSPS) is 16.1. The summed E-state index contributed by atoms with van der Waals surface area (Å²) in [6.45, 7) is 6.21. The first kappa shape index (κ1) is 14.6. The second kappa shape index (κ2) is 6.58. The van der Waals surface area contributed by atoms with E-state index in [0.717, 1.165) is 31.5 Å². The molecule has 3 nitrogen and oxygen atoms in total. The molecule has 2 N–H and O–H groups in total. The zero-order valence-corrected chi connectivity index (χ0v) is 12.2. The van der Waals surface area contributed by atoms with E-state index in [-0.39, 0.29) is 0 Å². The predicted octanol–water partition coefficient (Wildman–Crippen LogP) is 1.33. The molecule has 0 atom stereocenters. The van der Waals surface area contributed by atoms with Gasteiger partial charge in [0.05, 0.1) is 13.1 Å². The minimum absolute atomic E-state index is 0.426. The fraction of sp³-hybridized carbons (Fsp3) is 0.471. The van der Waals surface area contributed by atoms with Gasteiger partial charge in [0.1, 0.15) is 5.60 Å². The number of piperidine rings is 1. The lowest BCUT2D eigenvalue weighted by molar-refractivity contribution is -0.665. The monoisotopic (exact) mass is 272 g/mol. The molecule has 1 heterocycles. The summed E-state index contributed by atoms with van der Waals surface area (Å²) in [7, 11) is 0. The summed E-state index contributed by atoms with van der Waals surface area (Å²) < 4.78 is 5.57. The maximum atomic E-state index is 11.9. The molecule has 0 saturated carbocycles. The Labute approximate surface area is 120 Å². The van der Waals surface area contributed by atoms with Crippen LogP contribution in [0.5, 0.6) is 0 Å². The highest BCUT2D eigenvalue weighted by Crippen LogP contribution is 2.27. The molecular formula is C17H22NO2+. The van der Waals surface area contributed by atoms with Crippen LogP contribution < -0.4 is 5.32 Å². The highest BCUT2D eigenvalue weighted by atomic mass is 16.6. The summed E-state index contributed by atoms with van der Waals surface area (Å²) >= 11 is 0. The maximum absolute atomic E-state index is 11.9. The Kier molecular flexibility index (Phi) is 4.81. The van der Waals surface area contributed by atoms with Crippen molar-refractivity contribution in [1.82, 2.24) is 0 Å². The van der Waals surface area contributed by atoms with Gasteiger partial charge in [-0.05, 0) is 26.0 Å². The number of carbonyl (C=O) groups excluding carboxylic acids is 1. The molecule has 106 valence electrons. The van der Waals surface area contributed by atoms with Gasteiger partial charge >= 0.3 is 5.97 Å². The number of hydrogen-bond acceptors (Lipinski definition) is 2. The number of nitrogens with two attached hydrogens (primary N) is 1. The zero-order chi connectivity index (χ0) is 14.4. The summed E-state index contributed by atoms with van der Waals surface area (Å²) in [5.74, 6) is 5.40. The van der Waals surface area contributed by atoms with Crippen LogP contribution in [0.4, 0.5) is 0 Å². The Hall–Kier alpha value is -1.79. The van der Waals surface area contributed by atoms with E-state index in [9.17, 15) is 4.79 Å². The Morgan fingerprint density at radius 2 is 1.90 bits per heavy atom. The van der Waals surface area contributed by atoms with Crippen LogP contribution in [-0.4, -0.2) is 24.7 Å². The van der Waals surface area contributed by atoms with E-state index in [1.165, 1.54) is 0 Å². The number of quaternary nitrogens is 1. The van der Waals surface area contributed by atoms with Gasteiger partial charge in [-0.3, -0.25) is 0 Å². The second-order valence-electron chi connectivity index (χ2n) is 5.75.